The Morgan fingerprint density at radius 1 is 1.32 bits per heavy atom. The Hall–Kier alpha value is -1.66. The van der Waals surface area contributed by atoms with Crippen molar-refractivity contribution in [1.82, 2.24) is 0 Å². The van der Waals surface area contributed by atoms with Gasteiger partial charge in [0.1, 0.15) is 0 Å². The molecule has 0 spiro atoms. The highest BCUT2D eigenvalue weighted by Crippen LogP contribution is 2.28. The normalized spacial score (nSPS) is 20.2. The number of hydrogen-bond acceptors (Lipinski definition) is 4. The van der Waals surface area contributed by atoms with Gasteiger partial charge in [0.15, 0.2) is 5.17 Å². The quantitative estimate of drug-likeness (QED) is 0.922. The first-order chi connectivity index (χ1) is 10.6. The average molecular weight is 336 g/mol. The summed E-state index contributed by atoms with van der Waals surface area (Å²) in [6.45, 7) is 0. The minimum absolute atomic E-state index is 0.118. The van der Waals surface area contributed by atoms with Crippen LogP contribution in [0.5, 0.6) is 0 Å². The molecule has 0 aromatic heterocycles. The molecule has 1 aliphatic carbocycles. The maximum absolute atomic E-state index is 11.9. The molecule has 1 saturated carbocycles. The summed E-state index contributed by atoms with van der Waals surface area (Å²) < 4.78 is 0. The second kappa shape index (κ2) is 6.62. The first kappa shape index (κ1) is 15.2. The van der Waals surface area contributed by atoms with Crippen LogP contribution in [0, 0.1) is 5.92 Å². The van der Waals surface area contributed by atoms with Gasteiger partial charge in [-0.3, -0.25) is 9.59 Å². The number of amides is 2. The molecule has 7 heteroatoms. The highest BCUT2D eigenvalue weighted by Gasteiger charge is 2.32. The number of fused-ring (bicyclic) bond motifs is 1. The van der Waals surface area contributed by atoms with Crippen LogP contribution in [0.3, 0.4) is 0 Å². The topological polar surface area (TPSA) is 70.9 Å². The van der Waals surface area contributed by atoms with Gasteiger partial charge < -0.3 is 5.32 Å². The lowest BCUT2D eigenvalue weighted by Crippen LogP contribution is -2.24. The third kappa shape index (κ3) is 3.56. The molecular weight excluding hydrogens is 322 g/mol. The molecule has 3 rings (SSSR count). The first-order valence-corrected chi connectivity index (χ1v) is 8.36. The maximum atomic E-state index is 11.9. The minimum atomic E-state index is -0.170. The Bertz CT molecular complexity index is 670. The van der Waals surface area contributed by atoms with Crippen LogP contribution in [-0.4, -0.2) is 28.4 Å². The van der Waals surface area contributed by atoms with Gasteiger partial charge in [0.25, 0.3) is 5.91 Å². The number of anilines is 1. The number of halogens is 1. The van der Waals surface area contributed by atoms with Crippen LogP contribution in [-0.2, 0) is 9.59 Å². The first-order valence-electron chi connectivity index (χ1n) is 7.00. The number of benzene rings is 1. The second-order valence-electron chi connectivity index (χ2n) is 5.12. The van der Waals surface area contributed by atoms with Crippen molar-refractivity contribution in [2.45, 2.75) is 19.3 Å². The van der Waals surface area contributed by atoms with Crippen molar-refractivity contribution in [3.63, 3.8) is 0 Å². The molecule has 1 fully saturated rings. The molecule has 22 heavy (non-hydrogen) atoms. The van der Waals surface area contributed by atoms with E-state index < -0.39 is 0 Å². The van der Waals surface area contributed by atoms with Crippen molar-refractivity contribution >= 4 is 51.7 Å². The molecule has 114 valence electrons. The lowest BCUT2D eigenvalue weighted by molar-refractivity contribution is -0.119. The number of amidine groups is 1. The third-order valence-electron chi connectivity index (χ3n) is 3.53. The SMILES string of the molecule is O=C(CSC1=NC(=O)C2CCCC2=N1)Nc1ccc(Cl)cc1. The van der Waals surface area contributed by atoms with Crippen LogP contribution in [0.25, 0.3) is 0 Å². The largest absolute Gasteiger partial charge is 0.325 e. The van der Waals surface area contributed by atoms with E-state index in [1.807, 2.05) is 0 Å². The Kier molecular flexibility index (Phi) is 4.59. The number of carbonyl (C=O) groups excluding carboxylic acids is 2. The van der Waals surface area contributed by atoms with Crippen LogP contribution >= 0.6 is 23.4 Å². The third-order valence-corrected chi connectivity index (χ3v) is 4.63. The number of thioether (sulfide) groups is 1. The summed E-state index contributed by atoms with van der Waals surface area (Å²) in [4.78, 5) is 32.1. The lowest BCUT2D eigenvalue weighted by Gasteiger charge is -2.13. The van der Waals surface area contributed by atoms with E-state index >= 15 is 0 Å². The van der Waals surface area contributed by atoms with Gasteiger partial charge in [-0.1, -0.05) is 23.4 Å². The van der Waals surface area contributed by atoms with Gasteiger partial charge >= 0.3 is 0 Å². The number of nitrogens with one attached hydrogen (secondary N) is 1. The van der Waals surface area contributed by atoms with Gasteiger partial charge in [-0.25, -0.2) is 4.99 Å². The predicted molar refractivity (Wildman–Crippen MR) is 89.8 cm³/mol. The Morgan fingerprint density at radius 2 is 2.09 bits per heavy atom. The zero-order valence-corrected chi connectivity index (χ0v) is 13.3. The van der Waals surface area contributed by atoms with Crippen molar-refractivity contribution in [3.05, 3.63) is 29.3 Å². The van der Waals surface area contributed by atoms with E-state index in [0.717, 1.165) is 25.0 Å². The van der Waals surface area contributed by atoms with Crippen LogP contribution in [0.4, 0.5) is 5.69 Å². The highest BCUT2D eigenvalue weighted by atomic mass is 35.5. The van der Waals surface area contributed by atoms with Gasteiger partial charge in [0.05, 0.1) is 11.7 Å². The molecule has 5 nitrogen and oxygen atoms in total. The molecule has 1 atom stereocenters. The summed E-state index contributed by atoms with van der Waals surface area (Å²) in [6, 6.07) is 6.88. The molecular formula is C15H14ClN3O2S. The Labute approximate surface area is 137 Å². The minimum Gasteiger partial charge on any atom is -0.325 e. The van der Waals surface area contributed by atoms with Gasteiger partial charge in [0.2, 0.25) is 5.91 Å². The predicted octanol–water partition coefficient (Wildman–Crippen LogP) is 3.15. The van der Waals surface area contributed by atoms with Gasteiger partial charge in [0, 0.05) is 16.4 Å². The summed E-state index contributed by atoms with van der Waals surface area (Å²) in [6.07, 6.45) is 2.68. The summed E-state index contributed by atoms with van der Waals surface area (Å²) in [5.74, 6) is -0.248. The molecule has 1 unspecified atom stereocenters. The number of carbonyl (C=O) groups is 2. The van der Waals surface area contributed by atoms with E-state index in [9.17, 15) is 9.59 Å². The van der Waals surface area contributed by atoms with E-state index in [-0.39, 0.29) is 23.5 Å². The average Bonchev–Trinajstić information content (AvgIpc) is 2.97. The molecule has 1 N–H and O–H groups in total. The zero-order valence-electron chi connectivity index (χ0n) is 11.7. The van der Waals surface area contributed by atoms with Gasteiger partial charge in [-0.2, -0.15) is 4.99 Å². The summed E-state index contributed by atoms with van der Waals surface area (Å²) in [5.41, 5.74) is 1.60. The van der Waals surface area contributed by atoms with Crippen LogP contribution in [0.1, 0.15) is 19.3 Å². The van der Waals surface area contributed by atoms with Crippen molar-refractivity contribution < 1.29 is 9.59 Å². The summed E-state index contributed by atoms with van der Waals surface area (Å²) in [7, 11) is 0. The number of rotatable bonds is 3. The van der Waals surface area contributed by atoms with E-state index in [4.69, 9.17) is 11.6 Å². The molecule has 1 heterocycles. The molecule has 2 aliphatic rings. The van der Waals surface area contributed by atoms with E-state index in [1.54, 1.807) is 24.3 Å². The Balaban J connectivity index is 1.55. The van der Waals surface area contributed by atoms with Gasteiger partial charge in [-0.05, 0) is 43.5 Å². The molecule has 0 radical (unpaired) electrons. The van der Waals surface area contributed by atoms with Gasteiger partial charge in [-0.15, -0.1) is 0 Å². The fourth-order valence-corrected chi connectivity index (χ4v) is 3.27. The van der Waals surface area contributed by atoms with E-state index in [0.29, 0.717) is 15.9 Å². The van der Waals surface area contributed by atoms with E-state index in [2.05, 4.69) is 15.3 Å². The standard InChI is InChI=1S/C15H14ClN3O2S/c16-9-4-6-10(7-5-9)17-13(20)8-22-15-18-12-3-1-2-11(12)14(21)19-15/h4-7,11H,1-3,8H2,(H,17,20). The summed E-state index contributed by atoms with van der Waals surface area (Å²) >= 11 is 6.97. The smallest absolute Gasteiger partial charge is 0.256 e. The van der Waals surface area contributed by atoms with Crippen LogP contribution in [0.2, 0.25) is 5.02 Å². The van der Waals surface area contributed by atoms with Crippen LogP contribution in [0.15, 0.2) is 34.3 Å². The molecule has 1 aromatic carbocycles. The fraction of sp³-hybridized carbons (Fsp3) is 0.333. The zero-order chi connectivity index (χ0) is 15.5. The Morgan fingerprint density at radius 3 is 2.86 bits per heavy atom. The number of nitrogens with zero attached hydrogens (tertiary/aromatic N) is 2. The number of aliphatic imine (C=N–C) groups is 2. The monoisotopic (exact) mass is 335 g/mol. The molecule has 2 amide bonds. The highest BCUT2D eigenvalue weighted by molar-refractivity contribution is 8.14. The second-order valence-corrected chi connectivity index (χ2v) is 6.50. The molecule has 0 saturated heterocycles. The molecule has 1 aromatic rings. The number of hydrogen-bond donors (Lipinski definition) is 1. The molecule has 0 bridgehead atoms. The van der Waals surface area contributed by atoms with Crippen molar-refractivity contribution in [1.29, 1.82) is 0 Å². The maximum Gasteiger partial charge on any atom is 0.256 e. The van der Waals surface area contributed by atoms with Crippen molar-refractivity contribution in [3.8, 4) is 0 Å². The molecule has 1 aliphatic heterocycles. The van der Waals surface area contributed by atoms with Crippen molar-refractivity contribution in [2.24, 2.45) is 15.9 Å². The fourth-order valence-electron chi connectivity index (χ4n) is 2.47. The lowest BCUT2D eigenvalue weighted by atomic mass is 10.1. The van der Waals surface area contributed by atoms with Crippen LogP contribution < -0.4 is 5.32 Å². The summed E-state index contributed by atoms with van der Waals surface area (Å²) in [5, 5.41) is 3.77. The van der Waals surface area contributed by atoms with E-state index in [1.165, 1.54) is 11.8 Å². The van der Waals surface area contributed by atoms with Crippen molar-refractivity contribution in [2.75, 3.05) is 11.1 Å².